The average molecular weight is 412 g/mol. The molecule has 0 N–H and O–H groups in total. The van der Waals surface area contributed by atoms with Crippen molar-refractivity contribution in [2.24, 2.45) is 5.92 Å². The molecule has 154 valence electrons. The first kappa shape index (κ1) is 20.4. The third-order valence-corrected chi connectivity index (χ3v) is 6.59. The van der Waals surface area contributed by atoms with E-state index in [2.05, 4.69) is 51.1 Å². The molecule has 0 radical (unpaired) electrons. The second-order valence-electron chi connectivity index (χ2n) is 8.23. The highest BCUT2D eigenvalue weighted by Gasteiger charge is 2.30. The summed E-state index contributed by atoms with van der Waals surface area (Å²) in [5.74, 6) is 0.542. The van der Waals surface area contributed by atoms with Crippen molar-refractivity contribution in [2.45, 2.75) is 25.9 Å². The molecule has 0 aromatic heterocycles. The number of likely N-dealkylation sites (tertiary alicyclic amines) is 1. The topological polar surface area (TPSA) is 26.8 Å². The Morgan fingerprint density at radius 1 is 0.793 bits per heavy atom. The smallest absolute Gasteiger partial charge is 0.225 e. The number of hydrogen-bond acceptors (Lipinski definition) is 3. The quantitative estimate of drug-likeness (QED) is 0.746. The molecule has 0 atom stereocenters. The van der Waals surface area contributed by atoms with Crippen molar-refractivity contribution in [2.75, 3.05) is 39.3 Å². The maximum atomic E-state index is 13.0. The predicted octanol–water partition coefficient (Wildman–Crippen LogP) is 3.90. The van der Waals surface area contributed by atoms with Gasteiger partial charge in [0.2, 0.25) is 5.91 Å². The maximum absolute atomic E-state index is 13.0. The number of hydrogen-bond donors (Lipinski definition) is 0. The summed E-state index contributed by atoms with van der Waals surface area (Å²) in [5, 5.41) is 0.832. The lowest BCUT2D eigenvalue weighted by Crippen LogP contribution is -2.51. The van der Waals surface area contributed by atoms with E-state index < -0.39 is 0 Å². The molecule has 0 spiro atoms. The van der Waals surface area contributed by atoms with Crippen molar-refractivity contribution in [3.63, 3.8) is 0 Å². The highest BCUT2D eigenvalue weighted by atomic mass is 35.5. The molecule has 29 heavy (non-hydrogen) atoms. The molecule has 2 aliphatic rings. The third kappa shape index (κ3) is 5.39. The van der Waals surface area contributed by atoms with E-state index in [1.807, 2.05) is 18.2 Å². The van der Waals surface area contributed by atoms with E-state index in [0.717, 1.165) is 70.2 Å². The second kappa shape index (κ2) is 9.75. The van der Waals surface area contributed by atoms with E-state index >= 15 is 0 Å². The number of carbonyl (C=O) groups excluding carboxylic acids is 1. The van der Waals surface area contributed by atoms with Gasteiger partial charge in [-0.25, -0.2) is 0 Å². The highest BCUT2D eigenvalue weighted by molar-refractivity contribution is 6.31. The summed E-state index contributed by atoms with van der Waals surface area (Å²) in [4.78, 5) is 20.0. The summed E-state index contributed by atoms with van der Waals surface area (Å²) in [6.07, 6.45) is 1.90. The van der Waals surface area contributed by atoms with Crippen LogP contribution in [0.5, 0.6) is 0 Å². The minimum atomic E-state index is 0.179. The summed E-state index contributed by atoms with van der Waals surface area (Å²) in [7, 11) is 0. The molecule has 4 rings (SSSR count). The molecule has 2 saturated heterocycles. The lowest BCUT2D eigenvalue weighted by Gasteiger charge is -2.38. The molecule has 0 aliphatic carbocycles. The highest BCUT2D eigenvalue weighted by Crippen LogP contribution is 2.24. The zero-order chi connectivity index (χ0) is 20.1. The van der Waals surface area contributed by atoms with Gasteiger partial charge in [0, 0.05) is 50.2 Å². The Labute approximate surface area is 179 Å². The Kier molecular flexibility index (Phi) is 6.86. The Bertz CT molecular complexity index is 797. The molecule has 2 heterocycles. The van der Waals surface area contributed by atoms with Gasteiger partial charge >= 0.3 is 0 Å². The van der Waals surface area contributed by atoms with Gasteiger partial charge in [-0.15, -0.1) is 0 Å². The first-order valence-electron chi connectivity index (χ1n) is 10.7. The molecule has 2 aromatic carbocycles. The number of amides is 1. The second-order valence-corrected chi connectivity index (χ2v) is 8.64. The van der Waals surface area contributed by atoms with Crippen LogP contribution in [0, 0.1) is 5.92 Å². The first-order chi connectivity index (χ1) is 14.2. The maximum Gasteiger partial charge on any atom is 0.225 e. The van der Waals surface area contributed by atoms with Crippen molar-refractivity contribution < 1.29 is 4.79 Å². The fourth-order valence-corrected chi connectivity index (χ4v) is 4.63. The van der Waals surface area contributed by atoms with Crippen molar-refractivity contribution in [3.05, 3.63) is 70.7 Å². The van der Waals surface area contributed by atoms with Gasteiger partial charge < -0.3 is 4.90 Å². The summed E-state index contributed by atoms with van der Waals surface area (Å²) in [5.41, 5.74) is 2.52. The van der Waals surface area contributed by atoms with Crippen LogP contribution in [0.4, 0.5) is 0 Å². The SMILES string of the molecule is O=C(C1CCN(Cc2ccccc2Cl)CC1)N1CCN(Cc2ccccc2)CC1. The van der Waals surface area contributed by atoms with Crippen LogP contribution < -0.4 is 0 Å². The Morgan fingerprint density at radius 2 is 1.41 bits per heavy atom. The van der Waals surface area contributed by atoms with E-state index in [4.69, 9.17) is 11.6 Å². The van der Waals surface area contributed by atoms with Crippen molar-refractivity contribution in [1.29, 1.82) is 0 Å². The van der Waals surface area contributed by atoms with E-state index in [1.165, 1.54) is 11.1 Å². The summed E-state index contributed by atoms with van der Waals surface area (Å²) in [6.45, 7) is 7.42. The van der Waals surface area contributed by atoms with Gasteiger partial charge in [-0.3, -0.25) is 14.6 Å². The lowest BCUT2D eigenvalue weighted by molar-refractivity contribution is -0.139. The number of carbonyl (C=O) groups is 1. The van der Waals surface area contributed by atoms with Gasteiger partial charge in [-0.2, -0.15) is 0 Å². The van der Waals surface area contributed by atoms with Gasteiger partial charge in [-0.05, 0) is 43.1 Å². The van der Waals surface area contributed by atoms with Gasteiger partial charge in [0.15, 0.2) is 0 Å². The van der Waals surface area contributed by atoms with Crippen molar-refractivity contribution >= 4 is 17.5 Å². The molecule has 0 bridgehead atoms. The Balaban J connectivity index is 1.21. The van der Waals surface area contributed by atoms with Crippen molar-refractivity contribution in [3.8, 4) is 0 Å². The molecular formula is C24H30ClN3O. The third-order valence-electron chi connectivity index (χ3n) is 6.22. The number of rotatable bonds is 5. The van der Waals surface area contributed by atoms with E-state index in [0.29, 0.717) is 5.91 Å². The van der Waals surface area contributed by atoms with Crippen LogP contribution in [0.15, 0.2) is 54.6 Å². The molecule has 4 nitrogen and oxygen atoms in total. The standard InChI is InChI=1S/C24H30ClN3O/c25-23-9-5-4-8-22(23)19-26-12-10-21(11-13-26)24(29)28-16-14-27(15-17-28)18-20-6-2-1-3-7-20/h1-9,21H,10-19H2. The summed E-state index contributed by atoms with van der Waals surface area (Å²) in [6, 6.07) is 18.6. The number of nitrogens with zero attached hydrogens (tertiary/aromatic N) is 3. The van der Waals surface area contributed by atoms with Gasteiger partial charge in [0.1, 0.15) is 0 Å². The number of halogens is 1. The van der Waals surface area contributed by atoms with Crippen LogP contribution in [0.2, 0.25) is 5.02 Å². The monoisotopic (exact) mass is 411 g/mol. The minimum absolute atomic E-state index is 0.179. The fraction of sp³-hybridized carbons (Fsp3) is 0.458. The Morgan fingerprint density at radius 3 is 2.10 bits per heavy atom. The number of piperidine rings is 1. The molecule has 1 amide bonds. The predicted molar refractivity (Wildman–Crippen MR) is 118 cm³/mol. The van der Waals surface area contributed by atoms with Crippen LogP contribution >= 0.6 is 11.6 Å². The molecule has 0 saturated carbocycles. The normalized spacial score (nSPS) is 19.4. The van der Waals surface area contributed by atoms with Gasteiger partial charge in [0.05, 0.1) is 0 Å². The zero-order valence-corrected chi connectivity index (χ0v) is 17.7. The lowest BCUT2D eigenvalue weighted by atomic mass is 9.94. The van der Waals surface area contributed by atoms with E-state index in [9.17, 15) is 4.79 Å². The van der Waals surface area contributed by atoms with Crippen molar-refractivity contribution in [1.82, 2.24) is 14.7 Å². The van der Waals surface area contributed by atoms with Crippen LogP contribution in [-0.4, -0.2) is 59.9 Å². The minimum Gasteiger partial charge on any atom is -0.340 e. The van der Waals surface area contributed by atoms with Gasteiger partial charge in [0.25, 0.3) is 0 Å². The summed E-state index contributed by atoms with van der Waals surface area (Å²) >= 11 is 6.30. The van der Waals surface area contributed by atoms with E-state index in [-0.39, 0.29) is 5.92 Å². The number of benzene rings is 2. The molecule has 2 fully saturated rings. The first-order valence-corrected chi connectivity index (χ1v) is 11.1. The number of piperazine rings is 1. The molecule has 2 aromatic rings. The van der Waals surface area contributed by atoms with Crippen LogP contribution in [0.1, 0.15) is 24.0 Å². The average Bonchev–Trinajstić information content (AvgIpc) is 2.77. The summed E-state index contributed by atoms with van der Waals surface area (Å²) < 4.78 is 0. The largest absolute Gasteiger partial charge is 0.340 e. The molecule has 2 aliphatic heterocycles. The zero-order valence-electron chi connectivity index (χ0n) is 17.0. The molecule has 0 unspecified atom stereocenters. The molecule has 5 heteroatoms. The van der Waals surface area contributed by atoms with Gasteiger partial charge in [-0.1, -0.05) is 60.1 Å². The van der Waals surface area contributed by atoms with Crippen LogP contribution in [0.3, 0.4) is 0 Å². The van der Waals surface area contributed by atoms with Crippen LogP contribution in [0.25, 0.3) is 0 Å². The Hall–Kier alpha value is -1.88. The van der Waals surface area contributed by atoms with E-state index in [1.54, 1.807) is 0 Å². The fourth-order valence-electron chi connectivity index (χ4n) is 4.43. The van der Waals surface area contributed by atoms with Crippen LogP contribution in [-0.2, 0) is 17.9 Å². The molecular weight excluding hydrogens is 382 g/mol.